The minimum absolute atomic E-state index is 0.0527. The number of anilines is 1. The zero-order chi connectivity index (χ0) is 42.4. The van der Waals surface area contributed by atoms with E-state index in [1.54, 1.807) is 18.2 Å². The third-order valence-corrected chi connectivity index (χ3v) is 19.4. The molecule has 0 spiro atoms. The summed E-state index contributed by atoms with van der Waals surface area (Å²) in [5, 5.41) is 12.3. The summed E-state index contributed by atoms with van der Waals surface area (Å²) in [4.78, 5) is 34.1. The second-order valence-corrected chi connectivity index (χ2v) is 23.8. The van der Waals surface area contributed by atoms with Gasteiger partial charge in [0, 0.05) is 49.8 Å². The fourth-order valence-corrected chi connectivity index (χ4v) is 15.0. The molecule has 4 aromatic rings. The van der Waals surface area contributed by atoms with Gasteiger partial charge in [0.15, 0.2) is 24.1 Å². The van der Waals surface area contributed by atoms with Gasteiger partial charge in [0.05, 0.1) is 11.2 Å². The van der Waals surface area contributed by atoms with E-state index in [0.29, 0.717) is 77.0 Å². The van der Waals surface area contributed by atoms with Crippen LogP contribution in [-0.2, 0) is 4.74 Å². The topological polar surface area (TPSA) is 115 Å². The van der Waals surface area contributed by atoms with Gasteiger partial charge in [0.1, 0.15) is 37.9 Å². The maximum absolute atomic E-state index is 16.3. The number of rotatable bonds is 13. The van der Waals surface area contributed by atoms with Crippen molar-refractivity contribution < 1.29 is 32.9 Å². The Hall–Kier alpha value is -4.16. The predicted octanol–water partition coefficient (Wildman–Crippen LogP) is 8.40. The first-order chi connectivity index (χ1) is 28.0. The van der Waals surface area contributed by atoms with Crippen LogP contribution in [-0.4, -0.2) is 108 Å². The molecule has 0 radical (unpaired) electrons. The van der Waals surface area contributed by atoms with Crippen LogP contribution in [0.3, 0.4) is 0 Å². The Morgan fingerprint density at radius 3 is 2.39 bits per heavy atom. The molecular formula is C45H60F2N6O5Si. The molecule has 14 heteroatoms. The molecule has 0 amide bonds. The van der Waals surface area contributed by atoms with Crippen LogP contribution in [0.15, 0.2) is 24.3 Å². The van der Waals surface area contributed by atoms with E-state index in [4.69, 9.17) is 29.2 Å². The van der Waals surface area contributed by atoms with Gasteiger partial charge in [-0.2, -0.15) is 9.97 Å². The van der Waals surface area contributed by atoms with Crippen LogP contribution in [0.5, 0.6) is 11.8 Å². The maximum Gasteiger partial charge on any atom is 0.320 e. The number of fused-ring (bicyclic) bond motifs is 2. The van der Waals surface area contributed by atoms with Crippen LogP contribution >= 0.6 is 0 Å². The van der Waals surface area contributed by atoms with Crippen LogP contribution in [0.2, 0.25) is 16.6 Å². The summed E-state index contributed by atoms with van der Waals surface area (Å²) < 4.78 is 49.9. The standard InChI is InChI=1S/C45H60F2N6O5Si/c1-27(2)59(28(3)4,29(5)6)19-16-35-37(47)15-14-30-20-34(58-26-56-9)22-36(38(30)35)40(54)43-48-41-39(53(43)32-12-10-13-32)42(52-18-11-17-45(7,55)25-52)50-44(49-41)57-24-33-21-31(46)23-51(33)8/h14-15,20,22,27-29,31-33,55H,10-13,17-18,21,23-26H2,1-9H3/t31-,33+,45-/m1/s1. The quantitative estimate of drug-likeness (QED) is 0.0610. The molecule has 3 fully saturated rings. The highest BCUT2D eigenvalue weighted by Gasteiger charge is 2.42. The van der Waals surface area contributed by atoms with E-state index in [9.17, 15) is 9.50 Å². The van der Waals surface area contributed by atoms with E-state index in [-0.39, 0.29) is 54.1 Å². The zero-order valence-corrected chi connectivity index (χ0v) is 37.1. The predicted molar refractivity (Wildman–Crippen MR) is 229 cm³/mol. The molecule has 2 saturated heterocycles. The molecule has 3 atom stereocenters. The molecular weight excluding hydrogens is 771 g/mol. The molecule has 59 heavy (non-hydrogen) atoms. The fourth-order valence-electron chi connectivity index (χ4n) is 9.84. The Balaban J connectivity index is 1.44. The summed E-state index contributed by atoms with van der Waals surface area (Å²) in [6.07, 6.45) is 3.38. The molecule has 1 saturated carbocycles. The number of hydrogen-bond donors (Lipinski definition) is 1. The van der Waals surface area contributed by atoms with Crippen LogP contribution < -0.4 is 14.4 Å². The van der Waals surface area contributed by atoms with Crippen molar-refractivity contribution in [1.82, 2.24) is 24.4 Å². The number of β-amino-alcohol motifs (C(OH)–C–C–N with tert-alkyl or cyclic N) is 1. The van der Waals surface area contributed by atoms with Gasteiger partial charge in [0.25, 0.3) is 0 Å². The summed E-state index contributed by atoms with van der Waals surface area (Å²) in [7, 11) is 1.09. The van der Waals surface area contributed by atoms with E-state index < -0.39 is 31.4 Å². The number of ether oxygens (including phenoxy) is 3. The lowest BCUT2D eigenvalue weighted by molar-refractivity contribution is 0.0447. The number of carbonyl (C=O) groups excluding carboxylic acids is 1. The summed E-state index contributed by atoms with van der Waals surface area (Å²) in [5.41, 5.74) is 4.90. The van der Waals surface area contributed by atoms with Gasteiger partial charge < -0.3 is 28.8 Å². The van der Waals surface area contributed by atoms with E-state index in [1.807, 2.05) is 28.3 Å². The number of nitrogens with zero attached hydrogens (tertiary/aromatic N) is 6. The lowest BCUT2D eigenvalue weighted by Crippen LogP contribution is -2.46. The van der Waals surface area contributed by atoms with Crippen LogP contribution in [0.4, 0.5) is 14.6 Å². The van der Waals surface area contributed by atoms with E-state index in [1.165, 1.54) is 13.2 Å². The number of likely N-dealkylation sites (N-methyl/N-ethyl adjacent to an activating group) is 1. The monoisotopic (exact) mass is 830 g/mol. The number of piperidine rings is 1. The lowest BCUT2D eigenvalue weighted by atomic mass is 9.91. The first-order valence-electron chi connectivity index (χ1n) is 21.2. The number of carbonyl (C=O) groups is 1. The fraction of sp³-hybridized carbons (Fsp3) is 0.600. The molecule has 0 bridgehead atoms. The molecule has 318 valence electrons. The number of likely N-dealkylation sites (tertiary alicyclic amines) is 1. The van der Waals surface area contributed by atoms with Gasteiger partial charge in [-0.05, 0) is 92.7 Å². The Labute approximate surface area is 347 Å². The number of ketones is 1. The second-order valence-electron chi connectivity index (χ2n) is 18.2. The molecule has 2 aliphatic heterocycles. The highest BCUT2D eigenvalue weighted by Crippen LogP contribution is 2.43. The van der Waals surface area contributed by atoms with Crippen molar-refractivity contribution in [3.05, 3.63) is 47.0 Å². The molecule has 3 aliphatic rings. The largest absolute Gasteiger partial charge is 0.468 e. The van der Waals surface area contributed by atoms with Crippen molar-refractivity contribution >= 4 is 41.6 Å². The third kappa shape index (κ3) is 8.32. The number of aliphatic hydroxyl groups is 1. The number of methoxy groups -OCH3 is 1. The number of halogens is 2. The van der Waals surface area contributed by atoms with Crippen molar-refractivity contribution in [2.45, 2.75) is 127 Å². The van der Waals surface area contributed by atoms with Crippen molar-refractivity contribution in [2.75, 3.05) is 52.1 Å². The van der Waals surface area contributed by atoms with Crippen molar-refractivity contribution in [3.63, 3.8) is 0 Å². The summed E-state index contributed by atoms with van der Waals surface area (Å²) in [6, 6.07) is 6.32. The average molecular weight is 831 g/mol. The van der Waals surface area contributed by atoms with Gasteiger partial charge in [-0.1, -0.05) is 53.5 Å². The number of hydrogen-bond acceptors (Lipinski definition) is 10. The Kier molecular flexibility index (Phi) is 12.4. The van der Waals surface area contributed by atoms with Gasteiger partial charge in [-0.25, -0.2) is 13.8 Å². The molecule has 1 N–H and O–H groups in total. The van der Waals surface area contributed by atoms with E-state index >= 15 is 9.18 Å². The number of alkyl halides is 1. The van der Waals surface area contributed by atoms with E-state index in [0.717, 1.165) is 25.7 Å². The van der Waals surface area contributed by atoms with Crippen LogP contribution in [0.1, 0.15) is 115 Å². The summed E-state index contributed by atoms with van der Waals surface area (Å²) in [5.74, 6) is 3.44. The number of imidazole rings is 1. The molecule has 7 rings (SSSR count). The molecule has 1 aliphatic carbocycles. The second kappa shape index (κ2) is 17.1. The molecule has 11 nitrogen and oxygen atoms in total. The van der Waals surface area contributed by atoms with E-state index in [2.05, 4.69) is 53.0 Å². The first kappa shape index (κ1) is 42.9. The first-order valence-corrected chi connectivity index (χ1v) is 23.5. The average Bonchev–Trinajstić information content (AvgIpc) is 3.69. The Morgan fingerprint density at radius 2 is 1.78 bits per heavy atom. The Bertz CT molecular complexity index is 2240. The van der Waals surface area contributed by atoms with Gasteiger partial charge in [-0.3, -0.25) is 9.69 Å². The highest BCUT2D eigenvalue weighted by molar-refractivity contribution is 6.90. The number of benzene rings is 2. The van der Waals surface area contributed by atoms with Crippen molar-refractivity contribution in [2.24, 2.45) is 0 Å². The molecule has 0 unspecified atom stereocenters. The number of aromatic nitrogens is 4. The van der Waals surface area contributed by atoms with Gasteiger partial charge in [0.2, 0.25) is 5.78 Å². The van der Waals surface area contributed by atoms with Crippen LogP contribution in [0, 0.1) is 17.3 Å². The SMILES string of the molecule is COCOc1cc(C(=O)c2nc3nc(OC[C@@H]4C[C@@H](F)CN4C)nc(N4CCC[C@@](C)(O)C4)c3n2C2CCC2)c2c(C#C[Si](C(C)C)(C(C)C)C(C)C)c(F)ccc2c1. The minimum Gasteiger partial charge on any atom is -0.468 e. The summed E-state index contributed by atoms with van der Waals surface area (Å²) >= 11 is 0. The van der Waals surface area contributed by atoms with Gasteiger partial charge >= 0.3 is 6.01 Å². The van der Waals surface area contributed by atoms with Gasteiger partial charge in [-0.15, -0.1) is 5.54 Å². The van der Waals surface area contributed by atoms with Crippen LogP contribution in [0.25, 0.3) is 21.9 Å². The maximum atomic E-state index is 16.3. The van der Waals surface area contributed by atoms with Crippen molar-refractivity contribution in [3.8, 4) is 23.2 Å². The highest BCUT2D eigenvalue weighted by atomic mass is 28.3. The minimum atomic E-state index is -2.30. The van der Waals surface area contributed by atoms with Crippen molar-refractivity contribution in [1.29, 1.82) is 0 Å². The normalized spacial score (nSPS) is 21.8. The molecule has 2 aromatic heterocycles. The lowest BCUT2D eigenvalue weighted by Gasteiger charge is -2.38. The Morgan fingerprint density at radius 1 is 1.05 bits per heavy atom. The zero-order valence-electron chi connectivity index (χ0n) is 36.1. The molecule has 2 aromatic carbocycles. The third-order valence-electron chi connectivity index (χ3n) is 13.1. The summed E-state index contributed by atoms with van der Waals surface area (Å²) in [6.45, 7) is 16.5. The molecule has 4 heterocycles. The smallest absolute Gasteiger partial charge is 0.320 e.